The van der Waals surface area contributed by atoms with Gasteiger partial charge in [0.15, 0.2) is 11.6 Å². The van der Waals surface area contributed by atoms with Crippen LogP contribution in [0.2, 0.25) is 0 Å². The van der Waals surface area contributed by atoms with Crippen molar-refractivity contribution < 1.29 is 18.3 Å². The van der Waals surface area contributed by atoms with Gasteiger partial charge in [0.05, 0.1) is 13.2 Å². The third kappa shape index (κ3) is 2.65. The second-order valence-corrected chi connectivity index (χ2v) is 4.13. The molecule has 0 bridgehead atoms. The molecule has 0 aliphatic carbocycles. The van der Waals surface area contributed by atoms with Crippen molar-refractivity contribution in [2.45, 2.75) is 6.04 Å². The minimum atomic E-state index is -0.980. The lowest BCUT2D eigenvalue weighted by Gasteiger charge is -2.32. The zero-order valence-corrected chi connectivity index (χ0v) is 9.73. The number of nitrogens with two attached hydrogens (primary N) is 1. The average Bonchev–Trinajstić information content (AvgIpc) is 2.35. The maximum Gasteiger partial charge on any atom is 0.239 e. The lowest BCUT2D eigenvalue weighted by molar-refractivity contribution is -0.125. The molecule has 1 aliphatic heterocycles. The highest BCUT2D eigenvalue weighted by molar-refractivity contribution is 5.81. The fourth-order valence-electron chi connectivity index (χ4n) is 2.07. The van der Waals surface area contributed by atoms with Crippen LogP contribution in [0, 0.1) is 11.6 Å². The molecule has 1 saturated heterocycles. The number of carbonyl (C=O) groups is 1. The van der Waals surface area contributed by atoms with Crippen LogP contribution < -0.4 is 5.73 Å². The van der Waals surface area contributed by atoms with Gasteiger partial charge in [0.1, 0.15) is 6.04 Å². The Kier molecular flexibility index (Phi) is 3.88. The third-order valence-electron chi connectivity index (χ3n) is 2.94. The summed E-state index contributed by atoms with van der Waals surface area (Å²) in [6, 6.07) is 2.65. The van der Waals surface area contributed by atoms with Crippen molar-refractivity contribution in [3.8, 4) is 0 Å². The topological polar surface area (TPSA) is 55.6 Å². The molecule has 1 atom stereocenters. The minimum absolute atomic E-state index is 0.364. The molecule has 0 aromatic heterocycles. The van der Waals surface area contributed by atoms with E-state index in [1.54, 1.807) is 4.90 Å². The monoisotopic (exact) mass is 256 g/mol. The summed E-state index contributed by atoms with van der Waals surface area (Å²) in [5.74, 6) is -2.50. The van der Waals surface area contributed by atoms with Crippen LogP contribution in [0.3, 0.4) is 0 Å². The first-order chi connectivity index (χ1) is 8.59. The van der Waals surface area contributed by atoms with Gasteiger partial charge < -0.3 is 10.5 Å². The number of hydrogen-bond donors (Lipinski definition) is 1. The summed E-state index contributed by atoms with van der Waals surface area (Å²) in [6.07, 6.45) is 0. The Labute approximate surface area is 103 Å². The van der Waals surface area contributed by atoms with Gasteiger partial charge in [-0.3, -0.25) is 9.69 Å². The van der Waals surface area contributed by atoms with Gasteiger partial charge in [-0.05, 0) is 17.7 Å². The number of nitrogens with zero attached hydrogens (tertiary/aromatic N) is 1. The zero-order chi connectivity index (χ0) is 13.1. The van der Waals surface area contributed by atoms with Crippen molar-refractivity contribution in [3.63, 3.8) is 0 Å². The van der Waals surface area contributed by atoms with Crippen molar-refractivity contribution >= 4 is 5.91 Å². The molecule has 1 amide bonds. The molecule has 18 heavy (non-hydrogen) atoms. The largest absolute Gasteiger partial charge is 0.379 e. The number of halogens is 2. The highest BCUT2D eigenvalue weighted by Crippen LogP contribution is 2.23. The molecule has 1 aliphatic rings. The van der Waals surface area contributed by atoms with Gasteiger partial charge >= 0.3 is 0 Å². The summed E-state index contributed by atoms with van der Waals surface area (Å²) < 4.78 is 31.3. The van der Waals surface area contributed by atoms with Gasteiger partial charge in [0.25, 0.3) is 0 Å². The normalized spacial score (nSPS) is 18.6. The summed E-state index contributed by atoms with van der Waals surface area (Å²) >= 11 is 0. The van der Waals surface area contributed by atoms with Crippen molar-refractivity contribution in [1.29, 1.82) is 0 Å². The Morgan fingerprint density at radius 2 is 1.94 bits per heavy atom. The summed E-state index contributed by atoms with van der Waals surface area (Å²) in [7, 11) is 0. The molecule has 1 heterocycles. The van der Waals surface area contributed by atoms with E-state index < -0.39 is 23.6 Å². The predicted molar refractivity (Wildman–Crippen MR) is 60.7 cm³/mol. The fourth-order valence-corrected chi connectivity index (χ4v) is 2.07. The highest BCUT2D eigenvalue weighted by atomic mass is 19.2. The van der Waals surface area contributed by atoms with Crippen molar-refractivity contribution in [2.75, 3.05) is 26.3 Å². The quantitative estimate of drug-likeness (QED) is 0.871. The van der Waals surface area contributed by atoms with Crippen LogP contribution in [0.15, 0.2) is 18.2 Å². The maximum atomic E-state index is 13.2. The van der Waals surface area contributed by atoms with E-state index in [9.17, 15) is 13.6 Å². The Morgan fingerprint density at radius 3 is 2.50 bits per heavy atom. The lowest BCUT2D eigenvalue weighted by atomic mass is 10.0. The Bertz CT molecular complexity index is 448. The van der Waals surface area contributed by atoms with E-state index in [-0.39, 0.29) is 0 Å². The number of hydrogen-bond acceptors (Lipinski definition) is 3. The highest BCUT2D eigenvalue weighted by Gasteiger charge is 2.27. The summed E-state index contributed by atoms with van der Waals surface area (Å²) in [4.78, 5) is 13.3. The molecule has 4 nitrogen and oxygen atoms in total. The van der Waals surface area contributed by atoms with Crippen LogP contribution in [-0.4, -0.2) is 37.1 Å². The molecule has 2 rings (SSSR count). The number of morpholine rings is 1. The van der Waals surface area contributed by atoms with E-state index in [4.69, 9.17) is 10.5 Å². The molecule has 0 spiro atoms. The van der Waals surface area contributed by atoms with E-state index in [2.05, 4.69) is 0 Å². The minimum Gasteiger partial charge on any atom is -0.379 e. The molecular formula is C12H14F2N2O2. The molecule has 0 saturated carbocycles. The maximum absolute atomic E-state index is 13.2. The molecule has 1 aromatic carbocycles. The van der Waals surface area contributed by atoms with Crippen LogP contribution in [0.25, 0.3) is 0 Å². The number of benzene rings is 1. The fraction of sp³-hybridized carbons (Fsp3) is 0.417. The number of primary amides is 1. The first-order valence-corrected chi connectivity index (χ1v) is 5.65. The van der Waals surface area contributed by atoms with E-state index in [0.29, 0.717) is 31.9 Å². The van der Waals surface area contributed by atoms with Crippen LogP contribution in [0.1, 0.15) is 11.6 Å². The average molecular weight is 256 g/mol. The third-order valence-corrected chi connectivity index (χ3v) is 2.94. The van der Waals surface area contributed by atoms with Gasteiger partial charge in [0.2, 0.25) is 5.91 Å². The predicted octanol–water partition coefficient (Wildman–Crippen LogP) is 0.823. The molecule has 98 valence electrons. The summed E-state index contributed by atoms with van der Waals surface area (Å²) in [5, 5.41) is 0. The van der Waals surface area contributed by atoms with Gasteiger partial charge in [0, 0.05) is 13.1 Å². The zero-order valence-electron chi connectivity index (χ0n) is 9.73. The number of amides is 1. The Balaban J connectivity index is 2.28. The van der Waals surface area contributed by atoms with E-state index >= 15 is 0 Å². The van der Waals surface area contributed by atoms with Crippen molar-refractivity contribution in [2.24, 2.45) is 5.73 Å². The Hall–Kier alpha value is -1.53. The van der Waals surface area contributed by atoms with Crippen LogP contribution >= 0.6 is 0 Å². The van der Waals surface area contributed by atoms with Crippen molar-refractivity contribution in [1.82, 2.24) is 4.90 Å². The molecular weight excluding hydrogens is 242 g/mol. The van der Waals surface area contributed by atoms with Crippen LogP contribution in [0.4, 0.5) is 8.78 Å². The lowest BCUT2D eigenvalue weighted by Crippen LogP contribution is -2.44. The van der Waals surface area contributed by atoms with Crippen LogP contribution in [-0.2, 0) is 9.53 Å². The van der Waals surface area contributed by atoms with Gasteiger partial charge in [-0.15, -0.1) is 0 Å². The first-order valence-electron chi connectivity index (χ1n) is 5.65. The molecule has 1 fully saturated rings. The SMILES string of the molecule is NC(=O)C(c1ccc(F)c(F)c1)N1CCOCC1. The molecule has 0 radical (unpaired) electrons. The van der Waals surface area contributed by atoms with Crippen LogP contribution in [0.5, 0.6) is 0 Å². The van der Waals surface area contributed by atoms with Gasteiger partial charge in [-0.2, -0.15) is 0 Å². The smallest absolute Gasteiger partial charge is 0.239 e. The second-order valence-electron chi connectivity index (χ2n) is 4.13. The van der Waals surface area contributed by atoms with E-state index in [1.807, 2.05) is 0 Å². The van der Waals surface area contributed by atoms with Gasteiger partial charge in [-0.1, -0.05) is 6.07 Å². The van der Waals surface area contributed by atoms with Gasteiger partial charge in [-0.25, -0.2) is 8.78 Å². The number of rotatable bonds is 3. The Morgan fingerprint density at radius 1 is 1.28 bits per heavy atom. The van der Waals surface area contributed by atoms with E-state index in [1.165, 1.54) is 6.07 Å². The first kappa shape index (κ1) is 12.9. The molecule has 2 N–H and O–H groups in total. The number of carbonyl (C=O) groups excluding carboxylic acids is 1. The molecule has 1 unspecified atom stereocenters. The number of ether oxygens (including phenoxy) is 1. The standard InChI is InChI=1S/C12H14F2N2O2/c13-9-2-1-8(7-10(9)14)11(12(15)17)16-3-5-18-6-4-16/h1-2,7,11H,3-6H2,(H2,15,17). The second kappa shape index (κ2) is 5.41. The summed E-state index contributed by atoms with van der Waals surface area (Å²) in [6.45, 7) is 2.06. The molecule has 1 aromatic rings. The summed E-state index contributed by atoms with van der Waals surface area (Å²) in [5.41, 5.74) is 5.71. The van der Waals surface area contributed by atoms with Crippen molar-refractivity contribution in [3.05, 3.63) is 35.4 Å². The van der Waals surface area contributed by atoms with E-state index in [0.717, 1.165) is 12.1 Å². The molecule has 6 heteroatoms.